The van der Waals surface area contributed by atoms with Crippen molar-refractivity contribution in [2.75, 3.05) is 0 Å². The zero-order valence-electron chi connectivity index (χ0n) is 16.8. The van der Waals surface area contributed by atoms with E-state index in [-0.39, 0.29) is 23.7 Å². The molecule has 0 saturated heterocycles. The van der Waals surface area contributed by atoms with Gasteiger partial charge in [0, 0.05) is 12.5 Å². The summed E-state index contributed by atoms with van der Waals surface area (Å²) < 4.78 is 5.44. The molecule has 0 aliphatic carbocycles. The van der Waals surface area contributed by atoms with Crippen LogP contribution in [0.5, 0.6) is 5.75 Å². The third-order valence-electron chi connectivity index (χ3n) is 4.96. The molecule has 10 nitrogen and oxygen atoms in total. The van der Waals surface area contributed by atoms with Crippen molar-refractivity contribution in [1.29, 1.82) is 0 Å². The minimum absolute atomic E-state index is 0.0819. The largest absolute Gasteiger partial charge is 0.507 e. The molecule has 1 aliphatic heterocycles. The highest BCUT2D eigenvalue weighted by Crippen LogP contribution is 2.30. The van der Waals surface area contributed by atoms with E-state index in [0.717, 1.165) is 0 Å². The van der Waals surface area contributed by atoms with Crippen LogP contribution in [0.3, 0.4) is 0 Å². The average Bonchev–Trinajstić information content (AvgIpc) is 2.65. The summed E-state index contributed by atoms with van der Waals surface area (Å²) in [5.41, 5.74) is 6.19. The Morgan fingerprint density at radius 3 is 2.57 bits per heavy atom. The summed E-state index contributed by atoms with van der Waals surface area (Å²) in [6.45, 7) is 3.80. The molecule has 1 aromatic rings. The molecule has 1 aromatic carbocycles. The van der Waals surface area contributed by atoms with E-state index >= 15 is 0 Å². The zero-order chi connectivity index (χ0) is 22.6. The van der Waals surface area contributed by atoms with Gasteiger partial charge in [-0.05, 0) is 24.0 Å². The second-order valence-electron chi connectivity index (χ2n) is 7.90. The normalized spacial score (nSPS) is 19.9. The summed E-state index contributed by atoms with van der Waals surface area (Å²) in [5.74, 6) is -3.04. The molecular formula is C20H28N2O8. The number of phenols is 1. The molecule has 0 aromatic heterocycles. The number of carbonyl (C=O) groups excluding carboxylic acids is 2. The van der Waals surface area contributed by atoms with E-state index in [1.54, 1.807) is 12.1 Å². The number of hydrogen-bond donors (Lipinski definition) is 6. The summed E-state index contributed by atoms with van der Waals surface area (Å²) in [5, 5.41) is 41.4. The monoisotopic (exact) mass is 424 g/mol. The summed E-state index contributed by atoms with van der Waals surface area (Å²) in [7, 11) is 0. The van der Waals surface area contributed by atoms with Gasteiger partial charge in [0.25, 0.3) is 5.91 Å². The lowest BCUT2D eigenvalue weighted by Gasteiger charge is -2.33. The number of cyclic esters (lactones) is 1. The van der Waals surface area contributed by atoms with Crippen molar-refractivity contribution in [2.45, 2.75) is 63.5 Å². The molecule has 5 atom stereocenters. The van der Waals surface area contributed by atoms with Crippen molar-refractivity contribution in [3.05, 3.63) is 29.3 Å². The predicted molar refractivity (Wildman–Crippen MR) is 105 cm³/mol. The van der Waals surface area contributed by atoms with E-state index < -0.39 is 54.7 Å². The van der Waals surface area contributed by atoms with Crippen molar-refractivity contribution < 1.29 is 39.5 Å². The second kappa shape index (κ2) is 9.88. The van der Waals surface area contributed by atoms with Crippen molar-refractivity contribution in [2.24, 2.45) is 11.7 Å². The number of esters is 1. The molecule has 0 bridgehead atoms. The number of nitrogens with one attached hydrogen (secondary N) is 1. The molecule has 1 amide bonds. The fraction of sp³-hybridized carbons (Fsp3) is 0.550. The van der Waals surface area contributed by atoms with Gasteiger partial charge in [0.15, 0.2) is 6.10 Å². The Bertz CT molecular complexity index is 797. The number of aromatic hydroxyl groups is 1. The number of nitrogens with two attached hydrogens (primary N) is 1. The van der Waals surface area contributed by atoms with Gasteiger partial charge in [0.2, 0.25) is 0 Å². The SMILES string of the molecule is CC(C)C[C@H](NC(=O)[C@H](O)[C@@H](O)[C@@H](N)CC(=O)O)[C@@H]1Cc2cccc(O)c2C(=O)O1. The molecule has 166 valence electrons. The van der Waals surface area contributed by atoms with Gasteiger partial charge in [-0.1, -0.05) is 26.0 Å². The smallest absolute Gasteiger partial charge is 0.342 e. The third-order valence-corrected chi connectivity index (χ3v) is 4.96. The number of aliphatic hydroxyl groups is 2. The Kier molecular flexibility index (Phi) is 7.77. The van der Waals surface area contributed by atoms with Crippen LogP contribution < -0.4 is 11.1 Å². The van der Waals surface area contributed by atoms with E-state index in [2.05, 4.69) is 5.32 Å². The number of carboxylic acid groups (broad SMARTS) is 1. The molecular weight excluding hydrogens is 396 g/mol. The number of hydrogen-bond acceptors (Lipinski definition) is 8. The van der Waals surface area contributed by atoms with Crippen LogP contribution in [-0.2, 0) is 20.7 Å². The van der Waals surface area contributed by atoms with Crippen molar-refractivity contribution in [3.63, 3.8) is 0 Å². The highest BCUT2D eigenvalue weighted by molar-refractivity contribution is 5.95. The van der Waals surface area contributed by atoms with Gasteiger partial charge >= 0.3 is 11.9 Å². The maximum Gasteiger partial charge on any atom is 0.342 e. The predicted octanol–water partition coefficient (Wildman–Crippen LogP) is -0.472. The van der Waals surface area contributed by atoms with E-state index in [1.807, 2.05) is 13.8 Å². The van der Waals surface area contributed by atoms with E-state index in [4.69, 9.17) is 15.6 Å². The standard InChI is InChI=1S/C20H28N2O8/c1-9(2)6-12(22-19(28)18(27)17(26)11(21)8-15(24)25)14-7-10-4-3-5-13(23)16(10)20(29)30-14/h3-5,9,11-12,14,17-18,23,26-27H,6-8,21H2,1-2H3,(H,22,28)(H,24,25)/t11-,12-,14-,17-,18+/m0/s1. The average molecular weight is 424 g/mol. The first-order valence-corrected chi connectivity index (χ1v) is 9.67. The van der Waals surface area contributed by atoms with Gasteiger partial charge in [-0.3, -0.25) is 9.59 Å². The van der Waals surface area contributed by atoms with Gasteiger partial charge in [0.1, 0.15) is 23.5 Å². The van der Waals surface area contributed by atoms with Crippen molar-refractivity contribution >= 4 is 17.8 Å². The zero-order valence-corrected chi connectivity index (χ0v) is 16.8. The number of fused-ring (bicyclic) bond motifs is 1. The number of aliphatic hydroxyl groups excluding tert-OH is 2. The number of rotatable bonds is 9. The van der Waals surface area contributed by atoms with Crippen molar-refractivity contribution in [3.8, 4) is 5.75 Å². The number of phenolic OH excluding ortho intramolecular Hbond substituents is 1. The number of amides is 1. The minimum atomic E-state index is -1.95. The minimum Gasteiger partial charge on any atom is -0.507 e. The highest BCUT2D eigenvalue weighted by atomic mass is 16.5. The summed E-state index contributed by atoms with van der Waals surface area (Å²) in [6.07, 6.45) is -4.47. The second-order valence-corrected chi connectivity index (χ2v) is 7.90. The van der Waals surface area contributed by atoms with Crippen LogP contribution in [0.15, 0.2) is 18.2 Å². The summed E-state index contributed by atoms with van der Waals surface area (Å²) in [6, 6.07) is 2.64. The molecule has 1 aliphatic rings. The van der Waals surface area contributed by atoms with Gasteiger partial charge in [-0.2, -0.15) is 0 Å². The molecule has 30 heavy (non-hydrogen) atoms. The van der Waals surface area contributed by atoms with Crippen LogP contribution in [-0.4, -0.2) is 68.7 Å². The first-order chi connectivity index (χ1) is 14.0. The van der Waals surface area contributed by atoms with Gasteiger partial charge in [0.05, 0.1) is 12.5 Å². The maximum atomic E-state index is 12.5. The fourth-order valence-corrected chi connectivity index (χ4v) is 3.46. The maximum absolute atomic E-state index is 12.5. The van der Waals surface area contributed by atoms with E-state index in [1.165, 1.54) is 6.07 Å². The van der Waals surface area contributed by atoms with Crippen LogP contribution in [0.2, 0.25) is 0 Å². The molecule has 10 heteroatoms. The molecule has 0 unspecified atom stereocenters. The molecule has 7 N–H and O–H groups in total. The van der Waals surface area contributed by atoms with E-state index in [0.29, 0.717) is 12.0 Å². The Hall–Kier alpha value is -2.69. The van der Waals surface area contributed by atoms with Crippen LogP contribution in [0, 0.1) is 5.92 Å². The first kappa shape index (κ1) is 23.6. The molecule has 2 rings (SSSR count). The van der Waals surface area contributed by atoms with Gasteiger partial charge < -0.3 is 36.2 Å². The Morgan fingerprint density at radius 2 is 1.97 bits per heavy atom. The number of aliphatic carboxylic acids is 1. The number of benzene rings is 1. The van der Waals surface area contributed by atoms with E-state index in [9.17, 15) is 29.7 Å². The van der Waals surface area contributed by atoms with Gasteiger partial charge in [-0.15, -0.1) is 0 Å². The highest BCUT2D eigenvalue weighted by Gasteiger charge is 2.37. The number of carbonyl (C=O) groups is 3. The lowest BCUT2D eigenvalue weighted by molar-refractivity contribution is -0.142. The molecule has 0 fully saturated rings. The molecule has 0 radical (unpaired) electrons. The summed E-state index contributed by atoms with van der Waals surface area (Å²) in [4.78, 5) is 35.6. The molecule has 0 spiro atoms. The van der Waals surface area contributed by atoms with Crippen molar-refractivity contribution in [1.82, 2.24) is 5.32 Å². The molecule has 1 heterocycles. The Balaban J connectivity index is 2.15. The van der Waals surface area contributed by atoms with Crippen LogP contribution in [0.4, 0.5) is 0 Å². The first-order valence-electron chi connectivity index (χ1n) is 9.67. The van der Waals surface area contributed by atoms with Gasteiger partial charge in [-0.25, -0.2) is 4.79 Å². The number of carboxylic acids is 1. The summed E-state index contributed by atoms with van der Waals surface area (Å²) >= 11 is 0. The molecule has 0 saturated carbocycles. The quantitative estimate of drug-likeness (QED) is 0.286. The van der Waals surface area contributed by atoms with Crippen LogP contribution >= 0.6 is 0 Å². The fourth-order valence-electron chi connectivity index (χ4n) is 3.46. The topological polar surface area (TPSA) is 179 Å². The van der Waals surface area contributed by atoms with Crippen LogP contribution in [0.1, 0.15) is 42.6 Å². The Morgan fingerprint density at radius 1 is 1.30 bits per heavy atom. The third kappa shape index (κ3) is 5.68. The van der Waals surface area contributed by atoms with Crippen LogP contribution in [0.25, 0.3) is 0 Å². The lowest BCUT2D eigenvalue weighted by Crippen LogP contribution is -2.56. The number of ether oxygens (including phenoxy) is 1. The lowest BCUT2D eigenvalue weighted by atomic mass is 9.90. The Labute approximate surface area is 173 Å².